The van der Waals surface area contributed by atoms with Crippen LogP contribution in [0, 0.1) is 0 Å². The Bertz CT molecular complexity index is 1090. The first-order valence-electron chi connectivity index (χ1n) is 11.0. The molecule has 2 aromatic heterocycles. The zero-order valence-electron chi connectivity index (χ0n) is 19.5. The van der Waals surface area contributed by atoms with Gasteiger partial charge in [0.15, 0.2) is 17.7 Å². The summed E-state index contributed by atoms with van der Waals surface area (Å²) in [4.78, 5) is 14.4. The zero-order valence-corrected chi connectivity index (χ0v) is 19.5. The Kier molecular flexibility index (Phi) is 7.44. The topological polar surface area (TPSA) is 153 Å². The van der Waals surface area contributed by atoms with E-state index < -0.39 is 24.5 Å². The highest BCUT2D eigenvalue weighted by Crippen LogP contribution is 2.32. The van der Waals surface area contributed by atoms with Crippen LogP contribution >= 0.6 is 0 Å². The van der Waals surface area contributed by atoms with Gasteiger partial charge in [0.1, 0.15) is 41.7 Å². The van der Waals surface area contributed by atoms with Crippen LogP contribution in [0.4, 0.5) is 5.82 Å². The molecule has 184 valence electrons. The minimum atomic E-state index is -1.13. The number of rotatable bonds is 10. The molecule has 34 heavy (non-hydrogen) atoms. The number of anilines is 1. The van der Waals surface area contributed by atoms with Gasteiger partial charge >= 0.3 is 0 Å². The molecule has 1 aliphatic heterocycles. The molecule has 0 unspecified atom stereocenters. The summed E-state index contributed by atoms with van der Waals surface area (Å²) in [5.74, 6) is 1.73. The fourth-order valence-electron chi connectivity index (χ4n) is 4.04. The van der Waals surface area contributed by atoms with Crippen molar-refractivity contribution in [3.8, 4) is 11.5 Å². The van der Waals surface area contributed by atoms with E-state index in [0.29, 0.717) is 37.3 Å². The molecule has 0 aliphatic carbocycles. The van der Waals surface area contributed by atoms with E-state index in [4.69, 9.17) is 19.9 Å². The molecule has 0 spiro atoms. The maximum atomic E-state index is 10.6. The van der Waals surface area contributed by atoms with Crippen molar-refractivity contribution in [3.63, 3.8) is 0 Å². The third kappa shape index (κ3) is 5.05. The lowest BCUT2D eigenvalue weighted by Crippen LogP contribution is -2.40. The van der Waals surface area contributed by atoms with Crippen molar-refractivity contribution in [3.05, 3.63) is 36.4 Å². The fourth-order valence-corrected chi connectivity index (χ4v) is 4.04. The van der Waals surface area contributed by atoms with Crippen molar-refractivity contribution in [2.45, 2.75) is 31.1 Å². The van der Waals surface area contributed by atoms with E-state index in [1.54, 1.807) is 18.8 Å². The molecular weight excluding hydrogens is 442 g/mol. The number of benzene rings is 1. The van der Waals surface area contributed by atoms with Gasteiger partial charge < -0.3 is 40.4 Å². The largest absolute Gasteiger partial charge is 0.497 e. The zero-order chi connectivity index (χ0) is 24.2. The van der Waals surface area contributed by atoms with E-state index in [-0.39, 0.29) is 5.82 Å². The molecule has 0 amide bonds. The Labute approximate surface area is 197 Å². The number of aliphatic hydroxyl groups excluding tert-OH is 2. The highest BCUT2D eigenvalue weighted by atomic mass is 16.6. The molecule has 4 atom stereocenters. The van der Waals surface area contributed by atoms with E-state index in [1.165, 1.54) is 12.7 Å². The molecule has 3 aromatic rings. The lowest BCUT2D eigenvalue weighted by molar-refractivity contribution is -0.0420. The first kappa shape index (κ1) is 24.1. The quantitative estimate of drug-likeness (QED) is 0.289. The Hall–Kier alpha value is -3.03. The van der Waals surface area contributed by atoms with E-state index >= 15 is 0 Å². The number of aliphatic hydroxyl groups is 2. The molecule has 1 aliphatic rings. The number of nitrogens with one attached hydrogen (secondary N) is 1. The smallest absolute Gasteiger partial charge is 0.167 e. The molecule has 0 bridgehead atoms. The average Bonchev–Trinajstić information content (AvgIpc) is 3.39. The monoisotopic (exact) mass is 473 g/mol. The number of nitrogens with zero attached hydrogens (tertiary/aromatic N) is 5. The van der Waals surface area contributed by atoms with Crippen LogP contribution in [-0.4, -0.2) is 93.8 Å². The Morgan fingerprint density at radius 3 is 2.56 bits per heavy atom. The van der Waals surface area contributed by atoms with Gasteiger partial charge in [0.25, 0.3) is 0 Å². The van der Waals surface area contributed by atoms with Crippen molar-refractivity contribution >= 4 is 17.0 Å². The molecule has 0 saturated carbocycles. The normalized spacial score (nSPS) is 22.5. The number of likely N-dealkylation sites (N-methyl/N-ethyl adjacent to an activating group) is 1. The third-order valence-electron chi connectivity index (χ3n) is 5.90. The van der Waals surface area contributed by atoms with Crippen LogP contribution in [0.25, 0.3) is 11.2 Å². The van der Waals surface area contributed by atoms with Crippen LogP contribution in [0.2, 0.25) is 0 Å². The van der Waals surface area contributed by atoms with Crippen LogP contribution in [0.5, 0.6) is 11.5 Å². The Balaban J connectivity index is 1.29. The molecule has 5 N–H and O–H groups in total. The Morgan fingerprint density at radius 1 is 1.12 bits per heavy atom. The van der Waals surface area contributed by atoms with Gasteiger partial charge in [-0.1, -0.05) is 0 Å². The van der Waals surface area contributed by atoms with E-state index in [9.17, 15) is 10.2 Å². The van der Waals surface area contributed by atoms with Gasteiger partial charge in [0.2, 0.25) is 0 Å². The number of imidazole rings is 1. The minimum Gasteiger partial charge on any atom is -0.497 e. The second-order valence-electron chi connectivity index (χ2n) is 8.29. The minimum absolute atomic E-state index is 0.243. The fraction of sp³-hybridized carbons (Fsp3) is 0.500. The average molecular weight is 474 g/mol. The SMILES string of the molecule is COc1cc(CNCCN(C)C[C@H]2O[C@@H](n3cnc4c(N)ncnc43)[C@H](O)[C@@H]2O)cc(OC)c1. The second kappa shape index (κ2) is 10.5. The number of nitrogen functional groups attached to an aromatic ring is 1. The lowest BCUT2D eigenvalue weighted by Gasteiger charge is -2.23. The van der Waals surface area contributed by atoms with Gasteiger partial charge in [-0.15, -0.1) is 0 Å². The number of hydrogen-bond donors (Lipinski definition) is 4. The van der Waals surface area contributed by atoms with Crippen LogP contribution in [0.1, 0.15) is 11.8 Å². The molecular formula is C22H31N7O5. The van der Waals surface area contributed by atoms with Gasteiger partial charge in [0.05, 0.1) is 20.5 Å². The third-order valence-corrected chi connectivity index (χ3v) is 5.90. The van der Waals surface area contributed by atoms with Gasteiger partial charge in [0, 0.05) is 32.2 Å². The highest BCUT2D eigenvalue weighted by Gasteiger charge is 2.44. The highest BCUT2D eigenvalue weighted by molar-refractivity contribution is 5.81. The van der Waals surface area contributed by atoms with Crippen molar-refractivity contribution in [2.75, 3.05) is 46.6 Å². The first-order valence-corrected chi connectivity index (χ1v) is 11.0. The number of fused-ring (bicyclic) bond motifs is 1. The predicted octanol–water partition coefficient (Wildman–Crippen LogP) is -0.233. The summed E-state index contributed by atoms with van der Waals surface area (Å²) in [6.45, 7) is 2.52. The van der Waals surface area contributed by atoms with Crippen molar-refractivity contribution in [2.24, 2.45) is 0 Å². The van der Waals surface area contributed by atoms with E-state index in [0.717, 1.165) is 17.1 Å². The summed E-state index contributed by atoms with van der Waals surface area (Å²) in [6, 6.07) is 5.75. The standard InChI is InChI=1S/C22H31N7O5/c1-28(5-4-24-9-13-6-14(32-2)8-15(7-13)33-3)10-16-18(30)19(31)22(34-16)29-12-27-17-20(23)25-11-26-21(17)29/h6-8,11-12,16,18-19,22,24,30-31H,4-5,9-10H2,1-3H3,(H2,23,25,26)/t16-,18-,19-,22-/m1/s1. The number of aromatic nitrogens is 4. The molecule has 12 heteroatoms. The Morgan fingerprint density at radius 2 is 1.85 bits per heavy atom. The van der Waals surface area contributed by atoms with Gasteiger partial charge in [-0.05, 0) is 24.7 Å². The lowest BCUT2D eigenvalue weighted by atomic mass is 10.1. The first-order chi connectivity index (χ1) is 16.4. The summed E-state index contributed by atoms with van der Waals surface area (Å²) in [5.41, 5.74) is 7.76. The van der Waals surface area contributed by atoms with E-state index in [1.807, 2.05) is 30.1 Å². The summed E-state index contributed by atoms with van der Waals surface area (Å²) in [7, 11) is 5.19. The number of hydrogen-bond acceptors (Lipinski definition) is 11. The second-order valence-corrected chi connectivity index (χ2v) is 8.29. The molecule has 1 aromatic carbocycles. The maximum Gasteiger partial charge on any atom is 0.167 e. The number of methoxy groups -OCH3 is 2. The van der Waals surface area contributed by atoms with Crippen molar-refractivity contribution in [1.82, 2.24) is 29.7 Å². The molecule has 1 fully saturated rings. The van der Waals surface area contributed by atoms with Crippen LogP contribution in [0.3, 0.4) is 0 Å². The molecule has 0 radical (unpaired) electrons. The summed E-state index contributed by atoms with van der Waals surface area (Å²) in [6.07, 6.45) is -0.777. The summed E-state index contributed by atoms with van der Waals surface area (Å²) < 4.78 is 18.2. The predicted molar refractivity (Wildman–Crippen MR) is 124 cm³/mol. The summed E-state index contributed by atoms with van der Waals surface area (Å²) >= 11 is 0. The number of ether oxygens (including phenoxy) is 3. The molecule has 1 saturated heterocycles. The van der Waals surface area contributed by atoms with Gasteiger partial charge in [-0.2, -0.15) is 0 Å². The van der Waals surface area contributed by atoms with Crippen LogP contribution in [0.15, 0.2) is 30.9 Å². The number of nitrogens with two attached hydrogens (primary N) is 1. The van der Waals surface area contributed by atoms with Crippen molar-refractivity contribution in [1.29, 1.82) is 0 Å². The van der Waals surface area contributed by atoms with Gasteiger partial charge in [-0.25, -0.2) is 15.0 Å². The molecule has 3 heterocycles. The van der Waals surface area contributed by atoms with Crippen molar-refractivity contribution < 1.29 is 24.4 Å². The van der Waals surface area contributed by atoms with Crippen LogP contribution in [-0.2, 0) is 11.3 Å². The molecule has 4 rings (SSSR count). The van der Waals surface area contributed by atoms with Gasteiger partial charge in [-0.3, -0.25) is 4.57 Å². The molecule has 12 nitrogen and oxygen atoms in total. The van der Waals surface area contributed by atoms with E-state index in [2.05, 4.69) is 20.3 Å². The van der Waals surface area contributed by atoms with Crippen LogP contribution < -0.4 is 20.5 Å². The summed E-state index contributed by atoms with van der Waals surface area (Å²) in [5, 5.41) is 24.6. The maximum absolute atomic E-state index is 10.6.